The summed E-state index contributed by atoms with van der Waals surface area (Å²) in [4.78, 5) is 3.40. The highest BCUT2D eigenvalue weighted by Crippen LogP contribution is 2.29. The van der Waals surface area contributed by atoms with E-state index in [4.69, 9.17) is 0 Å². The first-order chi connectivity index (χ1) is 9.81. The summed E-state index contributed by atoms with van der Waals surface area (Å²) in [6.45, 7) is 2.01. The molecule has 0 aliphatic carbocycles. The van der Waals surface area contributed by atoms with Gasteiger partial charge < -0.3 is 15.4 Å². The van der Waals surface area contributed by atoms with Gasteiger partial charge in [-0.2, -0.15) is 0 Å². The van der Waals surface area contributed by atoms with Crippen LogP contribution in [0.2, 0.25) is 0 Å². The molecule has 20 heavy (non-hydrogen) atoms. The van der Waals surface area contributed by atoms with Crippen LogP contribution in [-0.2, 0) is 0 Å². The molecule has 100 valence electrons. The normalized spacial score (nSPS) is 15.4. The van der Waals surface area contributed by atoms with Crippen LogP contribution in [0.25, 0.3) is 22.3 Å². The van der Waals surface area contributed by atoms with Gasteiger partial charge in [-0.1, -0.05) is 12.1 Å². The smallest absolute Gasteiger partial charge is 0.125 e. The Bertz CT molecular complexity index is 776. The van der Waals surface area contributed by atoms with Crippen molar-refractivity contribution in [2.45, 2.75) is 5.92 Å². The Morgan fingerprint density at radius 2 is 1.95 bits per heavy atom. The SMILES string of the molecule is Oc1ccccc1-c1cc2[nH]c(C3CNC3)cc2nn1. The van der Waals surface area contributed by atoms with Crippen molar-refractivity contribution in [3.8, 4) is 17.0 Å². The summed E-state index contributed by atoms with van der Waals surface area (Å²) >= 11 is 0. The van der Waals surface area contributed by atoms with Gasteiger partial charge in [0.25, 0.3) is 0 Å². The van der Waals surface area contributed by atoms with E-state index in [0.717, 1.165) is 24.1 Å². The molecule has 1 aliphatic heterocycles. The third kappa shape index (κ3) is 1.75. The average Bonchev–Trinajstić information content (AvgIpc) is 2.79. The quantitative estimate of drug-likeness (QED) is 0.663. The standard InChI is InChI=1S/C15H14N4O/c20-15-4-2-1-3-10(15)12-6-13-14(19-18-12)5-11(17-13)9-7-16-8-9/h1-6,9,16-17,20H,7-8H2. The molecule has 1 fully saturated rings. The fourth-order valence-electron chi connectivity index (χ4n) is 2.50. The number of benzene rings is 1. The maximum absolute atomic E-state index is 9.89. The molecule has 1 aromatic carbocycles. The highest BCUT2D eigenvalue weighted by Gasteiger charge is 2.21. The number of hydrogen-bond acceptors (Lipinski definition) is 4. The van der Waals surface area contributed by atoms with Crippen LogP contribution in [0.3, 0.4) is 0 Å². The summed E-state index contributed by atoms with van der Waals surface area (Å²) in [6, 6.07) is 11.2. The van der Waals surface area contributed by atoms with Crippen molar-refractivity contribution >= 4 is 11.0 Å². The summed E-state index contributed by atoms with van der Waals surface area (Å²) < 4.78 is 0. The topological polar surface area (TPSA) is 73.8 Å². The molecular formula is C15H14N4O. The van der Waals surface area contributed by atoms with Crippen molar-refractivity contribution in [1.29, 1.82) is 0 Å². The van der Waals surface area contributed by atoms with Crippen molar-refractivity contribution in [3.63, 3.8) is 0 Å². The minimum absolute atomic E-state index is 0.219. The lowest BCUT2D eigenvalue weighted by Crippen LogP contribution is -2.40. The molecule has 0 saturated carbocycles. The molecule has 1 saturated heterocycles. The van der Waals surface area contributed by atoms with Gasteiger partial charge >= 0.3 is 0 Å². The number of para-hydroxylation sites is 1. The van der Waals surface area contributed by atoms with Crippen LogP contribution in [0.15, 0.2) is 36.4 Å². The van der Waals surface area contributed by atoms with Gasteiger partial charge in [-0.3, -0.25) is 0 Å². The predicted molar refractivity (Wildman–Crippen MR) is 76.6 cm³/mol. The van der Waals surface area contributed by atoms with E-state index in [1.807, 2.05) is 18.2 Å². The summed E-state index contributed by atoms with van der Waals surface area (Å²) in [6.07, 6.45) is 0. The van der Waals surface area contributed by atoms with E-state index in [1.165, 1.54) is 5.69 Å². The second kappa shape index (κ2) is 4.31. The molecule has 0 bridgehead atoms. The van der Waals surface area contributed by atoms with E-state index in [0.29, 0.717) is 17.2 Å². The minimum atomic E-state index is 0.219. The van der Waals surface area contributed by atoms with Gasteiger partial charge in [0.2, 0.25) is 0 Å². The Kier molecular flexibility index (Phi) is 2.47. The number of aromatic amines is 1. The molecule has 3 heterocycles. The molecule has 4 rings (SSSR count). The second-order valence-corrected chi connectivity index (χ2v) is 5.13. The molecule has 0 atom stereocenters. The van der Waals surface area contributed by atoms with Crippen LogP contribution in [-0.4, -0.2) is 33.4 Å². The number of aromatic hydroxyl groups is 1. The molecule has 0 unspecified atom stereocenters. The first-order valence-electron chi connectivity index (χ1n) is 6.67. The maximum atomic E-state index is 9.89. The highest BCUT2D eigenvalue weighted by molar-refractivity contribution is 5.81. The van der Waals surface area contributed by atoms with Gasteiger partial charge in [-0.25, -0.2) is 0 Å². The van der Waals surface area contributed by atoms with Gasteiger partial charge in [0.05, 0.1) is 11.2 Å². The van der Waals surface area contributed by atoms with Gasteiger partial charge in [-0.15, -0.1) is 10.2 Å². The number of rotatable bonds is 2. The van der Waals surface area contributed by atoms with Gasteiger partial charge in [-0.05, 0) is 24.3 Å². The lowest BCUT2D eigenvalue weighted by atomic mass is 10.00. The number of phenolic OH excluding ortho intramolecular Hbond substituents is 1. The maximum Gasteiger partial charge on any atom is 0.125 e. The van der Waals surface area contributed by atoms with E-state index in [1.54, 1.807) is 12.1 Å². The van der Waals surface area contributed by atoms with Crippen molar-refractivity contribution in [2.75, 3.05) is 13.1 Å². The largest absolute Gasteiger partial charge is 0.507 e. The lowest BCUT2D eigenvalue weighted by molar-refractivity contribution is 0.442. The first-order valence-corrected chi connectivity index (χ1v) is 6.67. The summed E-state index contributed by atoms with van der Waals surface area (Å²) in [7, 11) is 0. The highest BCUT2D eigenvalue weighted by atomic mass is 16.3. The van der Waals surface area contributed by atoms with Crippen LogP contribution in [0, 0.1) is 0 Å². The summed E-state index contributed by atoms with van der Waals surface area (Å²) in [5, 5.41) is 21.6. The molecular weight excluding hydrogens is 252 g/mol. The lowest BCUT2D eigenvalue weighted by Gasteiger charge is -2.25. The van der Waals surface area contributed by atoms with Crippen molar-refractivity contribution < 1.29 is 5.11 Å². The van der Waals surface area contributed by atoms with Crippen molar-refractivity contribution in [1.82, 2.24) is 20.5 Å². The van der Waals surface area contributed by atoms with Crippen LogP contribution in [0.4, 0.5) is 0 Å². The zero-order valence-electron chi connectivity index (χ0n) is 10.8. The average molecular weight is 266 g/mol. The number of nitrogens with one attached hydrogen (secondary N) is 2. The van der Waals surface area contributed by atoms with E-state index in [9.17, 15) is 5.11 Å². The molecule has 1 aliphatic rings. The van der Waals surface area contributed by atoms with Crippen LogP contribution in [0.1, 0.15) is 11.6 Å². The monoisotopic (exact) mass is 266 g/mol. The molecule has 5 heteroatoms. The number of fused-ring (bicyclic) bond motifs is 1. The summed E-state index contributed by atoms with van der Waals surface area (Å²) in [5.41, 5.74) is 4.40. The Morgan fingerprint density at radius 3 is 2.70 bits per heavy atom. The minimum Gasteiger partial charge on any atom is -0.507 e. The fourth-order valence-corrected chi connectivity index (χ4v) is 2.50. The Labute approximate surface area is 115 Å². The second-order valence-electron chi connectivity index (χ2n) is 5.13. The molecule has 0 amide bonds. The summed E-state index contributed by atoms with van der Waals surface area (Å²) in [5.74, 6) is 0.758. The molecule has 0 radical (unpaired) electrons. The van der Waals surface area contributed by atoms with Gasteiger partial charge in [0, 0.05) is 30.3 Å². The Hall–Kier alpha value is -2.40. The third-order valence-corrected chi connectivity index (χ3v) is 3.80. The zero-order valence-corrected chi connectivity index (χ0v) is 10.8. The van der Waals surface area contributed by atoms with E-state index < -0.39 is 0 Å². The molecule has 2 aromatic heterocycles. The van der Waals surface area contributed by atoms with E-state index in [-0.39, 0.29) is 5.75 Å². The van der Waals surface area contributed by atoms with Crippen LogP contribution in [0.5, 0.6) is 5.75 Å². The first kappa shape index (κ1) is 11.4. The van der Waals surface area contributed by atoms with Gasteiger partial charge in [0.1, 0.15) is 11.3 Å². The predicted octanol–water partition coefficient (Wildman–Crippen LogP) is 2.02. The van der Waals surface area contributed by atoms with Crippen molar-refractivity contribution in [3.05, 3.63) is 42.1 Å². The number of hydrogen-bond donors (Lipinski definition) is 3. The Balaban J connectivity index is 1.80. The molecule has 0 spiro atoms. The van der Waals surface area contributed by atoms with Gasteiger partial charge in [0.15, 0.2) is 0 Å². The molecule has 5 nitrogen and oxygen atoms in total. The fraction of sp³-hybridized carbons (Fsp3) is 0.200. The zero-order chi connectivity index (χ0) is 13.5. The number of phenols is 1. The van der Waals surface area contributed by atoms with E-state index in [2.05, 4.69) is 26.6 Å². The number of aromatic nitrogens is 3. The number of nitrogens with zero attached hydrogens (tertiary/aromatic N) is 2. The van der Waals surface area contributed by atoms with Crippen molar-refractivity contribution in [2.24, 2.45) is 0 Å². The van der Waals surface area contributed by atoms with Crippen LogP contribution >= 0.6 is 0 Å². The Morgan fingerprint density at radius 1 is 1.10 bits per heavy atom. The van der Waals surface area contributed by atoms with Crippen LogP contribution < -0.4 is 5.32 Å². The van der Waals surface area contributed by atoms with E-state index >= 15 is 0 Å². The molecule has 3 aromatic rings. The molecule has 3 N–H and O–H groups in total. The number of H-pyrrole nitrogens is 1. The third-order valence-electron chi connectivity index (χ3n) is 3.80.